The summed E-state index contributed by atoms with van der Waals surface area (Å²) in [6.45, 7) is 1.89. The summed E-state index contributed by atoms with van der Waals surface area (Å²) in [6, 6.07) is 7.98. The molecule has 1 aromatic carbocycles. The number of hydrogen-bond donors (Lipinski definition) is 0. The van der Waals surface area contributed by atoms with E-state index in [0.29, 0.717) is 11.0 Å². The molecule has 1 unspecified atom stereocenters. The molecule has 2 heterocycles. The van der Waals surface area contributed by atoms with E-state index in [-0.39, 0.29) is 6.10 Å². The van der Waals surface area contributed by atoms with Gasteiger partial charge < -0.3 is 4.74 Å². The number of thioether (sulfide) groups is 1. The summed E-state index contributed by atoms with van der Waals surface area (Å²) in [5.41, 5.74) is 0.822. The highest BCUT2D eigenvalue weighted by Crippen LogP contribution is 2.39. The summed E-state index contributed by atoms with van der Waals surface area (Å²) in [5, 5.41) is 0.426. The Balaban J connectivity index is 1.93. The number of aryl methyl sites for hydroxylation is 1. The van der Waals surface area contributed by atoms with E-state index in [2.05, 4.69) is 32.0 Å². The number of halogens is 2. The summed E-state index contributed by atoms with van der Waals surface area (Å²) in [5.74, 6) is 2.30. The maximum atomic E-state index is 6.08. The number of fused-ring (bicyclic) bond motifs is 1. The fourth-order valence-corrected chi connectivity index (χ4v) is 3.22. The third-order valence-electron chi connectivity index (χ3n) is 2.79. The van der Waals surface area contributed by atoms with Crippen molar-refractivity contribution in [2.24, 2.45) is 0 Å². The standard InChI is InChI=1S/C13H10BrClN2OS/c1-7-11(14)12(15)17-13(16-7)9-6-19-10-5-3-2-4-8(10)18-9/h2-5,9H,6H2,1H3. The minimum atomic E-state index is -0.163. The highest BCUT2D eigenvalue weighted by atomic mass is 79.9. The van der Waals surface area contributed by atoms with Gasteiger partial charge in [0.1, 0.15) is 10.9 Å². The van der Waals surface area contributed by atoms with Crippen molar-refractivity contribution in [3.05, 3.63) is 45.4 Å². The molecule has 0 spiro atoms. The number of benzene rings is 1. The van der Waals surface area contributed by atoms with Crippen LogP contribution in [0.5, 0.6) is 5.75 Å². The highest BCUT2D eigenvalue weighted by Gasteiger charge is 2.25. The Morgan fingerprint density at radius 2 is 2.16 bits per heavy atom. The predicted molar refractivity (Wildman–Crippen MR) is 80.0 cm³/mol. The van der Waals surface area contributed by atoms with Gasteiger partial charge in [-0.2, -0.15) is 0 Å². The molecule has 1 atom stereocenters. The van der Waals surface area contributed by atoms with Crippen LogP contribution in [0, 0.1) is 6.92 Å². The zero-order chi connectivity index (χ0) is 13.4. The van der Waals surface area contributed by atoms with Gasteiger partial charge in [-0.1, -0.05) is 23.7 Å². The highest BCUT2D eigenvalue weighted by molar-refractivity contribution is 9.10. The third kappa shape index (κ3) is 2.59. The third-order valence-corrected chi connectivity index (χ3v) is 5.36. The number of ether oxygens (including phenoxy) is 1. The van der Waals surface area contributed by atoms with Crippen molar-refractivity contribution >= 4 is 39.3 Å². The Kier molecular flexibility index (Phi) is 3.69. The van der Waals surface area contributed by atoms with Crippen LogP contribution < -0.4 is 4.74 Å². The molecule has 3 rings (SSSR count). The topological polar surface area (TPSA) is 35.0 Å². The van der Waals surface area contributed by atoms with Crippen molar-refractivity contribution in [1.82, 2.24) is 9.97 Å². The average Bonchev–Trinajstić information content (AvgIpc) is 2.43. The van der Waals surface area contributed by atoms with Gasteiger partial charge in [-0.05, 0) is 35.0 Å². The number of aromatic nitrogens is 2. The van der Waals surface area contributed by atoms with Crippen molar-refractivity contribution in [2.75, 3.05) is 5.75 Å². The molecule has 0 bridgehead atoms. The van der Waals surface area contributed by atoms with Gasteiger partial charge in [-0.25, -0.2) is 9.97 Å². The molecule has 0 saturated carbocycles. The Morgan fingerprint density at radius 1 is 1.37 bits per heavy atom. The molecule has 0 radical (unpaired) electrons. The number of nitrogens with zero attached hydrogens (tertiary/aromatic N) is 2. The number of hydrogen-bond acceptors (Lipinski definition) is 4. The van der Waals surface area contributed by atoms with E-state index in [1.165, 1.54) is 0 Å². The normalized spacial score (nSPS) is 17.7. The summed E-state index contributed by atoms with van der Waals surface area (Å²) in [7, 11) is 0. The summed E-state index contributed by atoms with van der Waals surface area (Å²) < 4.78 is 6.69. The first-order chi connectivity index (χ1) is 9.15. The number of rotatable bonds is 1. The van der Waals surface area contributed by atoms with E-state index >= 15 is 0 Å². The predicted octanol–water partition coefficient (Wildman–Crippen LogP) is 4.43. The maximum absolute atomic E-state index is 6.08. The lowest BCUT2D eigenvalue weighted by Gasteiger charge is -2.24. The lowest BCUT2D eigenvalue weighted by Crippen LogP contribution is -2.18. The molecule has 0 N–H and O–H groups in total. The van der Waals surface area contributed by atoms with Crippen LogP contribution in [0.1, 0.15) is 17.6 Å². The second-order valence-electron chi connectivity index (χ2n) is 4.14. The minimum absolute atomic E-state index is 0.163. The lowest BCUT2D eigenvalue weighted by atomic mass is 10.3. The van der Waals surface area contributed by atoms with Gasteiger partial charge >= 0.3 is 0 Å². The van der Waals surface area contributed by atoms with Gasteiger partial charge in [0.2, 0.25) is 0 Å². The Bertz CT molecular complexity index is 615. The van der Waals surface area contributed by atoms with Crippen LogP contribution in [0.2, 0.25) is 5.15 Å². The van der Waals surface area contributed by atoms with Crippen molar-refractivity contribution in [3.63, 3.8) is 0 Å². The zero-order valence-electron chi connectivity index (χ0n) is 10.1. The quantitative estimate of drug-likeness (QED) is 0.707. The fourth-order valence-electron chi connectivity index (χ4n) is 1.84. The molecular weight excluding hydrogens is 348 g/mol. The summed E-state index contributed by atoms with van der Waals surface area (Å²) >= 11 is 11.2. The first-order valence-electron chi connectivity index (χ1n) is 5.73. The molecule has 19 heavy (non-hydrogen) atoms. The van der Waals surface area contributed by atoms with Crippen LogP contribution in [-0.4, -0.2) is 15.7 Å². The van der Waals surface area contributed by atoms with Crippen LogP contribution in [-0.2, 0) is 0 Å². The SMILES string of the molecule is Cc1nc(C2CSc3ccccc3O2)nc(Cl)c1Br. The number of para-hydroxylation sites is 1. The van der Waals surface area contributed by atoms with Gasteiger partial charge in [0.05, 0.1) is 10.2 Å². The largest absolute Gasteiger partial charge is 0.480 e. The molecule has 3 nitrogen and oxygen atoms in total. The van der Waals surface area contributed by atoms with Crippen molar-refractivity contribution in [3.8, 4) is 5.75 Å². The van der Waals surface area contributed by atoms with Crippen LogP contribution in [0.3, 0.4) is 0 Å². The molecule has 1 aliphatic rings. The van der Waals surface area contributed by atoms with Crippen LogP contribution in [0.4, 0.5) is 0 Å². The molecule has 0 amide bonds. The molecule has 6 heteroatoms. The lowest BCUT2D eigenvalue weighted by molar-refractivity contribution is 0.210. The van der Waals surface area contributed by atoms with E-state index < -0.39 is 0 Å². The molecule has 2 aromatic rings. The van der Waals surface area contributed by atoms with E-state index in [1.54, 1.807) is 11.8 Å². The molecule has 1 aromatic heterocycles. The van der Waals surface area contributed by atoms with Crippen molar-refractivity contribution in [1.29, 1.82) is 0 Å². The minimum Gasteiger partial charge on any atom is -0.480 e. The van der Waals surface area contributed by atoms with Crippen LogP contribution >= 0.6 is 39.3 Å². The monoisotopic (exact) mass is 356 g/mol. The van der Waals surface area contributed by atoms with Crippen LogP contribution in [0.15, 0.2) is 33.6 Å². The van der Waals surface area contributed by atoms with Gasteiger partial charge in [-0.3, -0.25) is 0 Å². The molecule has 0 fully saturated rings. The summed E-state index contributed by atoms with van der Waals surface area (Å²) in [4.78, 5) is 9.90. The van der Waals surface area contributed by atoms with E-state index in [4.69, 9.17) is 16.3 Å². The average molecular weight is 358 g/mol. The Labute approximate surface area is 128 Å². The Hall–Kier alpha value is -0.780. The van der Waals surface area contributed by atoms with E-state index in [1.807, 2.05) is 25.1 Å². The van der Waals surface area contributed by atoms with Crippen molar-refractivity contribution in [2.45, 2.75) is 17.9 Å². The fraction of sp³-hybridized carbons (Fsp3) is 0.231. The van der Waals surface area contributed by atoms with Gasteiger partial charge in [0.25, 0.3) is 0 Å². The van der Waals surface area contributed by atoms with Crippen molar-refractivity contribution < 1.29 is 4.74 Å². The van der Waals surface area contributed by atoms with E-state index in [0.717, 1.165) is 26.6 Å². The maximum Gasteiger partial charge on any atom is 0.172 e. The molecule has 0 saturated heterocycles. The molecule has 1 aliphatic heterocycles. The van der Waals surface area contributed by atoms with Gasteiger partial charge in [-0.15, -0.1) is 11.8 Å². The second kappa shape index (κ2) is 5.31. The van der Waals surface area contributed by atoms with Gasteiger partial charge in [0, 0.05) is 10.6 Å². The zero-order valence-corrected chi connectivity index (χ0v) is 13.2. The first-order valence-corrected chi connectivity index (χ1v) is 7.89. The molecule has 0 aliphatic carbocycles. The first kappa shape index (κ1) is 13.2. The van der Waals surface area contributed by atoms with E-state index in [9.17, 15) is 0 Å². The summed E-state index contributed by atoms with van der Waals surface area (Å²) in [6.07, 6.45) is -0.163. The van der Waals surface area contributed by atoms with Gasteiger partial charge in [0.15, 0.2) is 11.9 Å². The Morgan fingerprint density at radius 3 is 2.95 bits per heavy atom. The second-order valence-corrected chi connectivity index (χ2v) is 6.35. The molecule has 98 valence electrons. The molecular formula is C13H10BrClN2OS. The smallest absolute Gasteiger partial charge is 0.172 e. The van der Waals surface area contributed by atoms with Crippen LogP contribution in [0.25, 0.3) is 0 Å².